The van der Waals surface area contributed by atoms with E-state index in [4.69, 9.17) is 18.9 Å². The monoisotopic (exact) mass is 267 g/mol. The zero-order valence-corrected chi connectivity index (χ0v) is 10.8. The molecule has 1 amide bonds. The molecule has 0 radical (unpaired) electrons. The smallest absolute Gasteiger partial charge is 0.257 e. The average Bonchev–Trinajstić information content (AvgIpc) is 2.89. The molecule has 1 aromatic carbocycles. The van der Waals surface area contributed by atoms with Gasteiger partial charge in [0.15, 0.2) is 18.1 Å². The van der Waals surface area contributed by atoms with Crippen LogP contribution in [0.2, 0.25) is 0 Å². The first-order valence-electron chi connectivity index (χ1n) is 6.07. The molecule has 0 atom stereocenters. The van der Waals surface area contributed by atoms with Gasteiger partial charge in [-0.1, -0.05) is 0 Å². The molecule has 104 valence electrons. The maximum atomic E-state index is 11.5. The van der Waals surface area contributed by atoms with Gasteiger partial charge in [0.2, 0.25) is 6.79 Å². The molecule has 1 heterocycles. The summed E-state index contributed by atoms with van der Waals surface area (Å²) in [5, 5.41) is 2.74. The molecule has 6 heteroatoms. The van der Waals surface area contributed by atoms with Crippen molar-refractivity contribution in [2.45, 2.75) is 6.42 Å². The highest BCUT2D eigenvalue weighted by Gasteiger charge is 2.14. The van der Waals surface area contributed by atoms with Gasteiger partial charge in [0, 0.05) is 26.3 Å². The number of hydrogen-bond acceptors (Lipinski definition) is 5. The van der Waals surface area contributed by atoms with Crippen LogP contribution in [0.15, 0.2) is 18.2 Å². The first-order chi connectivity index (χ1) is 9.29. The third kappa shape index (κ3) is 4.03. The molecule has 0 aromatic heterocycles. The van der Waals surface area contributed by atoms with Crippen molar-refractivity contribution >= 4 is 5.91 Å². The highest BCUT2D eigenvalue weighted by Crippen LogP contribution is 2.34. The summed E-state index contributed by atoms with van der Waals surface area (Å²) in [6, 6.07) is 5.21. The molecule has 0 aliphatic carbocycles. The fourth-order valence-corrected chi connectivity index (χ4v) is 1.61. The second-order valence-corrected chi connectivity index (χ2v) is 4.00. The zero-order chi connectivity index (χ0) is 13.5. The number of carbonyl (C=O) groups is 1. The van der Waals surface area contributed by atoms with Crippen LogP contribution in [0.3, 0.4) is 0 Å². The Labute approximate surface area is 111 Å². The number of benzene rings is 1. The third-order valence-corrected chi connectivity index (χ3v) is 2.56. The molecule has 0 spiro atoms. The van der Waals surface area contributed by atoms with Gasteiger partial charge < -0.3 is 24.3 Å². The van der Waals surface area contributed by atoms with Gasteiger partial charge in [0.1, 0.15) is 5.75 Å². The molecule has 1 aromatic rings. The molecule has 1 aliphatic rings. The van der Waals surface area contributed by atoms with E-state index >= 15 is 0 Å². The molecule has 19 heavy (non-hydrogen) atoms. The van der Waals surface area contributed by atoms with Crippen LogP contribution in [0.25, 0.3) is 0 Å². The quantitative estimate of drug-likeness (QED) is 0.745. The number of amides is 1. The van der Waals surface area contributed by atoms with Gasteiger partial charge in [-0.05, 0) is 18.6 Å². The number of rotatable bonds is 7. The number of fused-ring (bicyclic) bond motifs is 1. The minimum atomic E-state index is -0.159. The second kappa shape index (κ2) is 6.84. The summed E-state index contributed by atoms with van der Waals surface area (Å²) in [4.78, 5) is 11.5. The van der Waals surface area contributed by atoms with Crippen molar-refractivity contribution in [3.05, 3.63) is 18.2 Å². The van der Waals surface area contributed by atoms with E-state index in [1.165, 1.54) is 0 Å². The van der Waals surface area contributed by atoms with Crippen LogP contribution in [0.4, 0.5) is 0 Å². The maximum Gasteiger partial charge on any atom is 0.257 e. The Kier molecular flexibility index (Phi) is 4.85. The zero-order valence-electron chi connectivity index (χ0n) is 10.8. The van der Waals surface area contributed by atoms with Crippen molar-refractivity contribution < 1.29 is 23.7 Å². The van der Waals surface area contributed by atoms with Crippen molar-refractivity contribution in [1.82, 2.24) is 5.32 Å². The number of methoxy groups -OCH3 is 1. The van der Waals surface area contributed by atoms with Crippen molar-refractivity contribution in [2.24, 2.45) is 0 Å². The number of hydrogen-bond donors (Lipinski definition) is 1. The van der Waals surface area contributed by atoms with Gasteiger partial charge in [-0.15, -0.1) is 0 Å². The average molecular weight is 267 g/mol. The van der Waals surface area contributed by atoms with E-state index in [0.29, 0.717) is 30.4 Å². The first-order valence-corrected chi connectivity index (χ1v) is 6.07. The molecule has 1 aliphatic heterocycles. The largest absolute Gasteiger partial charge is 0.484 e. The normalized spacial score (nSPS) is 12.3. The summed E-state index contributed by atoms with van der Waals surface area (Å²) >= 11 is 0. The van der Waals surface area contributed by atoms with Crippen molar-refractivity contribution in [2.75, 3.05) is 33.7 Å². The minimum absolute atomic E-state index is 0.0212. The predicted octanol–water partition coefficient (Wildman–Crippen LogP) is 0.947. The molecule has 6 nitrogen and oxygen atoms in total. The van der Waals surface area contributed by atoms with E-state index in [1.54, 1.807) is 25.3 Å². The standard InChI is InChI=1S/C13H17NO5/c1-16-6-2-5-14-13(15)8-17-10-3-4-11-12(7-10)19-9-18-11/h3-4,7H,2,5-6,8-9H2,1H3,(H,14,15). The van der Waals surface area contributed by atoms with E-state index in [2.05, 4.69) is 5.32 Å². The van der Waals surface area contributed by atoms with Crippen molar-refractivity contribution in [3.8, 4) is 17.2 Å². The molecular weight excluding hydrogens is 250 g/mol. The highest BCUT2D eigenvalue weighted by atomic mass is 16.7. The topological polar surface area (TPSA) is 66.0 Å². The summed E-state index contributed by atoms with van der Waals surface area (Å²) in [5.41, 5.74) is 0. The summed E-state index contributed by atoms with van der Waals surface area (Å²) < 4.78 is 20.7. The Hall–Kier alpha value is -1.95. The van der Waals surface area contributed by atoms with Crippen molar-refractivity contribution in [1.29, 1.82) is 0 Å². The van der Waals surface area contributed by atoms with E-state index in [1.807, 2.05) is 0 Å². The molecule has 1 N–H and O–H groups in total. The summed E-state index contributed by atoms with van der Waals surface area (Å²) in [6.45, 7) is 1.41. The Morgan fingerprint density at radius 1 is 1.37 bits per heavy atom. The summed E-state index contributed by atoms with van der Waals surface area (Å²) in [6.07, 6.45) is 0.784. The van der Waals surface area contributed by atoms with Crippen molar-refractivity contribution in [3.63, 3.8) is 0 Å². The number of ether oxygens (including phenoxy) is 4. The lowest BCUT2D eigenvalue weighted by Gasteiger charge is -2.07. The van der Waals surface area contributed by atoms with Gasteiger partial charge in [-0.3, -0.25) is 4.79 Å². The molecule has 0 saturated heterocycles. The van der Waals surface area contributed by atoms with Crippen LogP contribution < -0.4 is 19.5 Å². The molecule has 2 rings (SSSR count). The molecule has 0 saturated carbocycles. The van der Waals surface area contributed by atoms with Crippen LogP contribution in [0, 0.1) is 0 Å². The molecule has 0 bridgehead atoms. The van der Waals surface area contributed by atoms with Crippen LogP contribution in [0.5, 0.6) is 17.2 Å². The lowest BCUT2D eigenvalue weighted by Crippen LogP contribution is -2.30. The van der Waals surface area contributed by atoms with E-state index in [-0.39, 0.29) is 19.3 Å². The summed E-state index contributed by atoms with van der Waals surface area (Å²) in [7, 11) is 1.63. The van der Waals surface area contributed by atoms with Crippen LogP contribution in [0.1, 0.15) is 6.42 Å². The lowest BCUT2D eigenvalue weighted by molar-refractivity contribution is -0.123. The first kappa shape index (κ1) is 13.5. The minimum Gasteiger partial charge on any atom is -0.484 e. The van der Waals surface area contributed by atoms with Gasteiger partial charge in [0.25, 0.3) is 5.91 Å². The van der Waals surface area contributed by atoms with Crippen LogP contribution in [-0.2, 0) is 9.53 Å². The van der Waals surface area contributed by atoms with E-state index in [0.717, 1.165) is 6.42 Å². The van der Waals surface area contributed by atoms with Gasteiger partial charge in [0.05, 0.1) is 0 Å². The Morgan fingerprint density at radius 2 is 2.21 bits per heavy atom. The number of nitrogens with one attached hydrogen (secondary N) is 1. The Morgan fingerprint density at radius 3 is 3.05 bits per heavy atom. The van der Waals surface area contributed by atoms with E-state index in [9.17, 15) is 4.79 Å². The lowest BCUT2D eigenvalue weighted by atomic mass is 10.3. The Bertz CT molecular complexity index is 435. The second-order valence-electron chi connectivity index (χ2n) is 4.00. The van der Waals surface area contributed by atoms with Gasteiger partial charge >= 0.3 is 0 Å². The third-order valence-electron chi connectivity index (χ3n) is 2.56. The van der Waals surface area contributed by atoms with Crippen LogP contribution in [-0.4, -0.2) is 39.6 Å². The molecular formula is C13H17NO5. The van der Waals surface area contributed by atoms with Gasteiger partial charge in [-0.25, -0.2) is 0 Å². The fourth-order valence-electron chi connectivity index (χ4n) is 1.61. The van der Waals surface area contributed by atoms with Gasteiger partial charge in [-0.2, -0.15) is 0 Å². The summed E-state index contributed by atoms with van der Waals surface area (Å²) in [5.74, 6) is 1.75. The Balaban J connectivity index is 1.71. The highest BCUT2D eigenvalue weighted by molar-refractivity contribution is 5.77. The molecule has 0 fully saturated rings. The molecule has 0 unspecified atom stereocenters. The SMILES string of the molecule is COCCCNC(=O)COc1ccc2c(c1)OCO2. The fraction of sp³-hybridized carbons (Fsp3) is 0.462. The maximum absolute atomic E-state index is 11.5. The predicted molar refractivity (Wildman–Crippen MR) is 67.6 cm³/mol. The van der Waals surface area contributed by atoms with Crippen LogP contribution >= 0.6 is 0 Å². The number of carbonyl (C=O) groups excluding carboxylic acids is 1. The van der Waals surface area contributed by atoms with E-state index < -0.39 is 0 Å².